The summed E-state index contributed by atoms with van der Waals surface area (Å²) in [6.07, 6.45) is 0.219. The molecule has 0 amide bonds. The van der Waals surface area contributed by atoms with Crippen molar-refractivity contribution in [3.8, 4) is 5.75 Å². The number of rotatable bonds is 4. The third-order valence-corrected chi connectivity index (χ3v) is 3.91. The first-order valence-corrected chi connectivity index (χ1v) is 7.82. The van der Waals surface area contributed by atoms with Gasteiger partial charge in [-0.25, -0.2) is 4.79 Å². The number of Topliss-reactive ketones (excluding diaryl/α,β-unsaturated/α-hetero) is 1. The quantitative estimate of drug-likeness (QED) is 0.630. The second kappa shape index (κ2) is 6.84. The summed E-state index contributed by atoms with van der Waals surface area (Å²) in [6, 6.07) is 15.2. The van der Waals surface area contributed by atoms with Crippen LogP contribution in [0.4, 0.5) is 5.69 Å². The van der Waals surface area contributed by atoms with Crippen LogP contribution in [0.15, 0.2) is 59.7 Å². The summed E-state index contributed by atoms with van der Waals surface area (Å²) in [6.45, 7) is 1.49. The minimum absolute atomic E-state index is 0.0584. The molecule has 0 radical (unpaired) electrons. The van der Waals surface area contributed by atoms with E-state index in [-0.39, 0.29) is 17.9 Å². The molecule has 0 spiro atoms. The maximum atomic E-state index is 12.3. The number of hydrogen-bond acceptors (Lipinski definition) is 5. The molecule has 1 heterocycles. The van der Waals surface area contributed by atoms with Gasteiger partial charge < -0.3 is 4.74 Å². The van der Waals surface area contributed by atoms with Crippen molar-refractivity contribution >= 4 is 34.8 Å². The molecule has 2 aromatic rings. The number of nitrogens with zero attached hydrogens (tertiary/aromatic N) is 2. The van der Waals surface area contributed by atoms with E-state index in [2.05, 4.69) is 5.10 Å². The second-order valence-corrected chi connectivity index (χ2v) is 5.84. The first-order valence-electron chi connectivity index (χ1n) is 7.44. The highest BCUT2D eigenvalue weighted by molar-refractivity contribution is 6.38. The van der Waals surface area contributed by atoms with Crippen molar-refractivity contribution in [3.63, 3.8) is 0 Å². The molecule has 1 atom stereocenters. The summed E-state index contributed by atoms with van der Waals surface area (Å²) in [5, 5.41) is 6.43. The number of ether oxygens (including phenoxy) is 1. The molecule has 0 aliphatic carbocycles. The van der Waals surface area contributed by atoms with Gasteiger partial charge in [0.05, 0.1) is 5.69 Å². The molecule has 5 nitrogen and oxygen atoms in total. The second-order valence-electron chi connectivity index (χ2n) is 5.40. The molecule has 0 aromatic heterocycles. The van der Waals surface area contributed by atoms with Crippen LogP contribution >= 0.6 is 11.6 Å². The maximum absolute atomic E-state index is 12.3. The van der Waals surface area contributed by atoms with Crippen molar-refractivity contribution in [1.29, 1.82) is 0 Å². The molecule has 1 aliphatic heterocycles. The minimum Gasteiger partial charge on any atom is -0.422 e. The van der Waals surface area contributed by atoms with Gasteiger partial charge in [0.25, 0.3) is 0 Å². The lowest BCUT2D eigenvalue weighted by Gasteiger charge is -2.20. The molecule has 0 saturated heterocycles. The topological polar surface area (TPSA) is 59.0 Å². The molecule has 0 bridgehead atoms. The van der Waals surface area contributed by atoms with Crippen LogP contribution in [0.5, 0.6) is 5.75 Å². The number of carbonyl (C=O) groups excluding carboxylic acids is 2. The zero-order valence-electron chi connectivity index (χ0n) is 13.0. The first-order chi connectivity index (χ1) is 11.5. The monoisotopic (exact) mass is 342 g/mol. The first kappa shape index (κ1) is 16.2. The van der Waals surface area contributed by atoms with Crippen molar-refractivity contribution in [1.82, 2.24) is 0 Å². The third-order valence-electron chi connectivity index (χ3n) is 3.66. The van der Waals surface area contributed by atoms with Crippen molar-refractivity contribution in [2.45, 2.75) is 19.4 Å². The summed E-state index contributed by atoms with van der Waals surface area (Å²) in [5.74, 6) is -0.247. The average molecular weight is 343 g/mol. The largest absolute Gasteiger partial charge is 0.422 e. The molecule has 122 valence electrons. The SMILES string of the molecule is CC(=O)C1CC(C(=O)Oc2ccc(Cl)cc2)=NN1c1ccccc1. The number of anilines is 1. The zero-order chi connectivity index (χ0) is 17.1. The Kier molecular flexibility index (Phi) is 4.62. The fraction of sp³-hybridized carbons (Fsp3) is 0.167. The predicted molar refractivity (Wildman–Crippen MR) is 92.5 cm³/mol. The molecule has 6 heteroatoms. The minimum atomic E-state index is -0.568. The van der Waals surface area contributed by atoms with Crippen LogP contribution in [0.1, 0.15) is 13.3 Å². The zero-order valence-corrected chi connectivity index (χ0v) is 13.7. The highest BCUT2D eigenvalue weighted by Gasteiger charge is 2.35. The van der Waals surface area contributed by atoms with Crippen molar-refractivity contribution in [3.05, 3.63) is 59.6 Å². The van der Waals surface area contributed by atoms with Gasteiger partial charge in [0, 0.05) is 11.4 Å². The van der Waals surface area contributed by atoms with Crippen LogP contribution in [0, 0.1) is 0 Å². The normalized spacial score (nSPS) is 16.7. The van der Waals surface area contributed by atoms with E-state index in [4.69, 9.17) is 16.3 Å². The Morgan fingerprint density at radius 2 is 1.79 bits per heavy atom. The van der Waals surface area contributed by atoms with Gasteiger partial charge in [0.1, 0.15) is 17.5 Å². The van der Waals surface area contributed by atoms with Crippen molar-refractivity contribution < 1.29 is 14.3 Å². The van der Waals surface area contributed by atoms with Crippen molar-refractivity contribution in [2.75, 3.05) is 5.01 Å². The maximum Gasteiger partial charge on any atom is 0.359 e. The lowest BCUT2D eigenvalue weighted by Crippen LogP contribution is -2.33. The van der Waals surface area contributed by atoms with E-state index in [0.29, 0.717) is 10.8 Å². The van der Waals surface area contributed by atoms with E-state index in [1.165, 1.54) is 6.92 Å². The Morgan fingerprint density at radius 3 is 2.42 bits per heavy atom. The fourth-order valence-electron chi connectivity index (χ4n) is 2.44. The summed E-state index contributed by atoms with van der Waals surface area (Å²) < 4.78 is 5.30. The molecule has 2 aromatic carbocycles. The van der Waals surface area contributed by atoms with Gasteiger partial charge in [-0.15, -0.1) is 0 Å². The van der Waals surface area contributed by atoms with Crippen LogP contribution < -0.4 is 9.75 Å². The van der Waals surface area contributed by atoms with Gasteiger partial charge >= 0.3 is 5.97 Å². The van der Waals surface area contributed by atoms with Gasteiger partial charge in [-0.1, -0.05) is 29.8 Å². The lowest BCUT2D eigenvalue weighted by atomic mass is 10.1. The summed E-state index contributed by atoms with van der Waals surface area (Å²) in [4.78, 5) is 24.2. The molecule has 1 unspecified atom stereocenters. The lowest BCUT2D eigenvalue weighted by molar-refractivity contribution is -0.127. The van der Waals surface area contributed by atoms with Crippen LogP contribution in [0.25, 0.3) is 0 Å². The number of hydrazone groups is 1. The molecular formula is C18H15ClN2O3. The Balaban J connectivity index is 1.81. The smallest absolute Gasteiger partial charge is 0.359 e. The average Bonchev–Trinajstić information content (AvgIpc) is 3.03. The molecule has 0 N–H and O–H groups in total. The van der Waals surface area contributed by atoms with E-state index in [1.807, 2.05) is 30.3 Å². The van der Waals surface area contributed by atoms with Crippen LogP contribution in [-0.4, -0.2) is 23.5 Å². The Hall–Kier alpha value is -2.66. The van der Waals surface area contributed by atoms with E-state index >= 15 is 0 Å². The highest BCUT2D eigenvalue weighted by atomic mass is 35.5. The van der Waals surface area contributed by atoms with Gasteiger partial charge in [0.15, 0.2) is 5.78 Å². The number of para-hydroxylation sites is 1. The summed E-state index contributed by atoms with van der Waals surface area (Å²) in [7, 11) is 0. The predicted octanol–water partition coefficient (Wildman–Crippen LogP) is 3.47. The fourth-order valence-corrected chi connectivity index (χ4v) is 2.56. The highest BCUT2D eigenvalue weighted by Crippen LogP contribution is 2.25. The Morgan fingerprint density at radius 1 is 1.12 bits per heavy atom. The Labute approximate surface area is 144 Å². The molecule has 0 fully saturated rings. The number of halogens is 1. The third kappa shape index (κ3) is 3.46. The molecule has 0 saturated carbocycles. The van der Waals surface area contributed by atoms with Crippen LogP contribution in [0.3, 0.4) is 0 Å². The number of esters is 1. The molecular weight excluding hydrogens is 328 g/mol. The van der Waals surface area contributed by atoms with Crippen LogP contribution in [-0.2, 0) is 9.59 Å². The van der Waals surface area contributed by atoms with Gasteiger partial charge in [-0.3, -0.25) is 9.80 Å². The Bertz CT molecular complexity index is 788. The van der Waals surface area contributed by atoms with Gasteiger partial charge in [0.2, 0.25) is 0 Å². The molecule has 1 aliphatic rings. The number of ketones is 1. The van der Waals surface area contributed by atoms with Gasteiger partial charge in [-0.05, 0) is 43.3 Å². The van der Waals surface area contributed by atoms with E-state index < -0.39 is 12.0 Å². The standard InChI is InChI=1S/C18H15ClN2O3/c1-12(22)17-11-16(20-21(17)14-5-3-2-4-6-14)18(23)24-15-9-7-13(19)8-10-15/h2-10,17H,11H2,1H3. The van der Waals surface area contributed by atoms with Crippen molar-refractivity contribution in [2.24, 2.45) is 5.10 Å². The van der Waals surface area contributed by atoms with E-state index in [1.54, 1.807) is 29.3 Å². The summed E-state index contributed by atoms with van der Waals surface area (Å²) in [5.41, 5.74) is 0.973. The van der Waals surface area contributed by atoms with Gasteiger partial charge in [-0.2, -0.15) is 5.10 Å². The summed E-state index contributed by atoms with van der Waals surface area (Å²) >= 11 is 5.81. The van der Waals surface area contributed by atoms with E-state index in [9.17, 15) is 9.59 Å². The number of hydrogen-bond donors (Lipinski definition) is 0. The van der Waals surface area contributed by atoms with E-state index in [0.717, 1.165) is 5.69 Å². The molecule has 3 rings (SSSR count). The van der Waals surface area contributed by atoms with Crippen LogP contribution in [0.2, 0.25) is 5.02 Å². The number of carbonyl (C=O) groups is 2. The number of benzene rings is 2. The molecule has 24 heavy (non-hydrogen) atoms.